The van der Waals surface area contributed by atoms with Crippen LogP contribution in [0.3, 0.4) is 0 Å². The molecule has 1 amide bonds. The van der Waals surface area contributed by atoms with Crippen molar-refractivity contribution in [3.05, 3.63) is 59.4 Å². The summed E-state index contributed by atoms with van der Waals surface area (Å²) in [6.07, 6.45) is 3.85. The van der Waals surface area contributed by atoms with Gasteiger partial charge in [0.2, 0.25) is 6.79 Å². The largest absolute Gasteiger partial charge is 0.507 e. The van der Waals surface area contributed by atoms with E-state index in [9.17, 15) is 14.7 Å². The molecule has 31 heavy (non-hydrogen) atoms. The fourth-order valence-electron chi connectivity index (χ4n) is 3.75. The number of hydrogen-bond donors (Lipinski definition) is 1. The van der Waals surface area contributed by atoms with Crippen LogP contribution in [-0.4, -0.2) is 52.7 Å². The van der Waals surface area contributed by atoms with Crippen molar-refractivity contribution in [2.75, 3.05) is 19.9 Å². The van der Waals surface area contributed by atoms with Gasteiger partial charge in [-0.2, -0.15) is 0 Å². The molecule has 2 aromatic rings. The highest BCUT2D eigenvalue weighted by Gasteiger charge is 2.46. The number of pyridine rings is 1. The van der Waals surface area contributed by atoms with E-state index in [1.54, 1.807) is 42.7 Å². The molecule has 2 aliphatic rings. The molecule has 1 N–H and O–H groups in total. The quantitative estimate of drug-likeness (QED) is 0.316. The third-order valence-corrected chi connectivity index (χ3v) is 5.18. The lowest BCUT2D eigenvalue weighted by molar-refractivity contribution is -0.140. The fourth-order valence-corrected chi connectivity index (χ4v) is 3.75. The zero-order chi connectivity index (χ0) is 22.0. The molecule has 0 aliphatic carbocycles. The van der Waals surface area contributed by atoms with Crippen molar-refractivity contribution in [2.45, 2.75) is 32.4 Å². The van der Waals surface area contributed by atoms with Crippen LogP contribution in [0.1, 0.15) is 37.4 Å². The molecular formula is C23H24N2O6. The van der Waals surface area contributed by atoms with Crippen LogP contribution in [0.25, 0.3) is 5.76 Å². The number of rotatable bonds is 7. The maximum atomic E-state index is 13.0. The number of fused-ring (bicyclic) bond motifs is 1. The Kier molecular flexibility index (Phi) is 5.90. The van der Waals surface area contributed by atoms with Crippen LogP contribution in [-0.2, 0) is 14.3 Å². The van der Waals surface area contributed by atoms with Crippen LogP contribution in [0.2, 0.25) is 0 Å². The number of aliphatic hydroxyl groups is 1. The average Bonchev–Trinajstić information content (AvgIpc) is 3.34. The smallest absolute Gasteiger partial charge is 0.295 e. The van der Waals surface area contributed by atoms with E-state index in [1.807, 2.05) is 13.8 Å². The van der Waals surface area contributed by atoms with Gasteiger partial charge in [-0.3, -0.25) is 14.6 Å². The van der Waals surface area contributed by atoms with Crippen LogP contribution in [0.5, 0.6) is 11.5 Å². The molecule has 1 atom stereocenters. The molecule has 3 heterocycles. The molecule has 0 spiro atoms. The highest BCUT2D eigenvalue weighted by atomic mass is 16.7. The third-order valence-electron chi connectivity index (χ3n) is 5.18. The van der Waals surface area contributed by atoms with Crippen LogP contribution in [0, 0.1) is 0 Å². The van der Waals surface area contributed by atoms with E-state index in [2.05, 4.69) is 4.98 Å². The molecule has 162 valence electrons. The standard InChI is InChI=1S/C23H24N2O6/c1-14(2)29-10-4-9-25-20(16-5-3-8-24-12-16)19(22(27)23(25)28)21(26)15-6-7-17-18(11-15)31-13-30-17/h3,5-8,11-12,14,20,26H,4,9-10,13H2,1-2H3/b21-19-. The van der Waals surface area contributed by atoms with Crippen molar-refractivity contribution in [3.8, 4) is 11.5 Å². The Morgan fingerprint density at radius 2 is 2.06 bits per heavy atom. The van der Waals surface area contributed by atoms with Gasteiger partial charge >= 0.3 is 0 Å². The van der Waals surface area contributed by atoms with Gasteiger partial charge in [-0.05, 0) is 50.1 Å². The Labute approximate surface area is 180 Å². The van der Waals surface area contributed by atoms with Crippen LogP contribution >= 0.6 is 0 Å². The first-order valence-electron chi connectivity index (χ1n) is 10.2. The number of amides is 1. The first kappa shape index (κ1) is 20.9. The normalized spacial score (nSPS) is 19.5. The lowest BCUT2D eigenvalue weighted by Gasteiger charge is -2.25. The third kappa shape index (κ3) is 4.11. The summed E-state index contributed by atoms with van der Waals surface area (Å²) in [5.74, 6) is -0.603. The predicted molar refractivity (Wildman–Crippen MR) is 112 cm³/mol. The molecule has 4 rings (SSSR count). The molecule has 0 radical (unpaired) electrons. The van der Waals surface area contributed by atoms with Gasteiger partial charge in [0.15, 0.2) is 11.5 Å². The van der Waals surface area contributed by atoms with Crippen molar-refractivity contribution in [1.29, 1.82) is 0 Å². The zero-order valence-electron chi connectivity index (χ0n) is 17.4. The van der Waals surface area contributed by atoms with Gasteiger partial charge < -0.3 is 24.2 Å². The summed E-state index contributed by atoms with van der Waals surface area (Å²) in [6, 6.07) is 7.68. The molecule has 1 saturated heterocycles. The highest BCUT2D eigenvalue weighted by Crippen LogP contribution is 2.41. The van der Waals surface area contributed by atoms with Crippen molar-refractivity contribution in [1.82, 2.24) is 9.88 Å². The number of carbonyl (C=O) groups is 2. The molecule has 0 bridgehead atoms. The Morgan fingerprint density at radius 1 is 1.26 bits per heavy atom. The lowest BCUT2D eigenvalue weighted by Crippen LogP contribution is -2.31. The van der Waals surface area contributed by atoms with E-state index >= 15 is 0 Å². The predicted octanol–water partition coefficient (Wildman–Crippen LogP) is 3.05. The number of ether oxygens (including phenoxy) is 3. The van der Waals surface area contributed by atoms with Crippen molar-refractivity contribution in [2.24, 2.45) is 0 Å². The van der Waals surface area contributed by atoms with Gasteiger partial charge in [-0.15, -0.1) is 0 Å². The fraction of sp³-hybridized carbons (Fsp3) is 0.348. The van der Waals surface area contributed by atoms with E-state index in [0.29, 0.717) is 42.2 Å². The molecule has 1 fully saturated rings. The SMILES string of the molecule is CC(C)OCCCN1C(=O)C(=O)/C(=C(\O)c2ccc3c(c2)OCO3)C1c1cccnc1. The summed E-state index contributed by atoms with van der Waals surface area (Å²) in [5, 5.41) is 11.1. The first-order valence-corrected chi connectivity index (χ1v) is 10.2. The van der Waals surface area contributed by atoms with Gasteiger partial charge in [0.05, 0.1) is 17.7 Å². The van der Waals surface area contributed by atoms with Crippen molar-refractivity contribution >= 4 is 17.4 Å². The van der Waals surface area contributed by atoms with Crippen LogP contribution < -0.4 is 9.47 Å². The maximum Gasteiger partial charge on any atom is 0.295 e. The minimum Gasteiger partial charge on any atom is -0.507 e. The molecular weight excluding hydrogens is 400 g/mol. The van der Waals surface area contributed by atoms with E-state index < -0.39 is 17.7 Å². The molecule has 8 nitrogen and oxygen atoms in total. The summed E-state index contributed by atoms with van der Waals surface area (Å²) in [7, 11) is 0. The number of nitrogens with zero attached hydrogens (tertiary/aromatic N) is 2. The average molecular weight is 424 g/mol. The minimum atomic E-state index is -0.738. The van der Waals surface area contributed by atoms with Crippen molar-refractivity contribution in [3.63, 3.8) is 0 Å². The number of likely N-dealkylation sites (tertiary alicyclic amines) is 1. The summed E-state index contributed by atoms with van der Waals surface area (Å²) >= 11 is 0. The molecule has 0 saturated carbocycles. The van der Waals surface area contributed by atoms with Gasteiger partial charge in [-0.1, -0.05) is 6.07 Å². The molecule has 1 aromatic heterocycles. The topological polar surface area (TPSA) is 98.2 Å². The lowest BCUT2D eigenvalue weighted by atomic mass is 9.96. The van der Waals surface area contributed by atoms with E-state index in [1.165, 1.54) is 4.90 Å². The second-order valence-electron chi connectivity index (χ2n) is 7.62. The number of ketones is 1. The van der Waals surface area contributed by atoms with Crippen LogP contribution in [0.15, 0.2) is 48.3 Å². The van der Waals surface area contributed by atoms with Gasteiger partial charge in [-0.25, -0.2) is 0 Å². The van der Waals surface area contributed by atoms with E-state index in [4.69, 9.17) is 14.2 Å². The highest BCUT2D eigenvalue weighted by molar-refractivity contribution is 6.46. The number of Topliss-reactive ketones (excluding diaryl/α,β-unsaturated/α-hetero) is 1. The second kappa shape index (κ2) is 8.77. The van der Waals surface area contributed by atoms with Gasteiger partial charge in [0.1, 0.15) is 5.76 Å². The number of aliphatic hydroxyl groups excluding tert-OH is 1. The van der Waals surface area contributed by atoms with Gasteiger partial charge in [0, 0.05) is 31.1 Å². The molecule has 8 heteroatoms. The molecule has 1 unspecified atom stereocenters. The number of benzene rings is 1. The zero-order valence-corrected chi connectivity index (χ0v) is 17.4. The Bertz CT molecular complexity index is 1020. The van der Waals surface area contributed by atoms with Crippen LogP contribution in [0.4, 0.5) is 0 Å². The second-order valence-corrected chi connectivity index (χ2v) is 7.62. The Balaban J connectivity index is 1.72. The first-order chi connectivity index (χ1) is 15.0. The molecule has 1 aromatic carbocycles. The van der Waals surface area contributed by atoms with E-state index in [-0.39, 0.29) is 24.2 Å². The monoisotopic (exact) mass is 424 g/mol. The van der Waals surface area contributed by atoms with Gasteiger partial charge in [0.25, 0.3) is 11.7 Å². The summed E-state index contributed by atoms with van der Waals surface area (Å²) in [6.45, 7) is 4.75. The maximum absolute atomic E-state index is 13.0. The van der Waals surface area contributed by atoms with Crippen molar-refractivity contribution < 1.29 is 28.9 Å². The number of hydrogen-bond acceptors (Lipinski definition) is 7. The minimum absolute atomic E-state index is 0.0293. The summed E-state index contributed by atoms with van der Waals surface area (Å²) in [5.41, 5.74) is 1.05. The van der Waals surface area contributed by atoms with E-state index in [0.717, 1.165) is 0 Å². The molecule has 2 aliphatic heterocycles. The summed E-state index contributed by atoms with van der Waals surface area (Å²) in [4.78, 5) is 31.5. The number of carbonyl (C=O) groups excluding carboxylic acids is 2. The Hall–Kier alpha value is -3.39. The number of aromatic nitrogens is 1. The summed E-state index contributed by atoms with van der Waals surface area (Å²) < 4.78 is 16.3. The Morgan fingerprint density at radius 3 is 2.81 bits per heavy atom.